The van der Waals surface area contributed by atoms with E-state index in [1.165, 1.54) is 12.1 Å². The van der Waals surface area contributed by atoms with Crippen LogP contribution in [0.15, 0.2) is 65.3 Å². The van der Waals surface area contributed by atoms with Crippen LogP contribution in [-0.2, 0) is 6.54 Å². The number of amides is 1. The molecule has 0 bridgehead atoms. The molecule has 132 valence electrons. The Hall–Kier alpha value is -3.41. The molecule has 0 unspecified atom stereocenters. The number of nitro benzene ring substituents is 1. The first kappa shape index (κ1) is 17.4. The molecule has 2 aromatic carbocycles. The minimum atomic E-state index is -0.477. The van der Waals surface area contributed by atoms with E-state index < -0.39 is 4.92 Å². The van der Waals surface area contributed by atoms with E-state index in [0.29, 0.717) is 22.6 Å². The largest absolute Gasteiger partial charge is 0.467 e. The van der Waals surface area contributed by atoms with E-state index in [2.05, 4.69) is 0 Å². The Morgan fingerprint density at radius 2 is 1.81 bits per heavy atom. The van der Waals surface area contributed by atoms with Crippen molar-refractivity contribution in [1.82, 2.24) is 0 Å². The van der Waals surface area contributed by atoms with E-state index in [4.69, 9.17) is 4.42 Å². The lowest BCUT2D eigenvalue weighted by Crippen LogP contribution is -2.31. The molecule has 6 heteroatoms. The van der Waals surface area contributed by atoms with E-state index in [1.807, 2.05) is 31.2 Å². The first-order valence-corrected chi connectivity index (χ1v) is 8.12. The fourth-order valence-electron chi connectivity index (χ4n) is 2.76. The van der Waals surface area contributed by atoms with Crippen LogP contribution in [0.1, 0.15) is 27.2 Å². The number of nitro groups is 1. The molecule has 1 amide bonds. The summed E-state index contributed by atoms with van der Waals surface area (Å²) >= 11 is 0. The molecule has 0 aliphatic rings. The van der Waals surface area contributed by atoms with Crippen molar-refractivity contribution in [2.24, 2.45) is 0 Å². The highest BCUT2D eigenvalue weighted by molar-refractivity contribution is 6.07. The highest BCUT2D eigenvalue weighted by atomic mass is 16.6. The number of hydrogen-bond donors (Lipinski definition) is 0. The van der Waals surface area contributed by atoms with Crippen molar-refractivity contribution in [1.29, 1.82) is 0 Å². The zero-order valence-corrected chi connectivity index (χ0v) is 14.5. The number of carbonyl (C=O) groups excluding carboxylic acids is 1. The van der Waals surface area contributed by atoms with Gasteiger partial charge in [0, 0.05) is 22.9 Å². The zero-order valence-electron chi connectivity index (χ0n) is 14.5. The predicted molar refractivity (Wildman–Crippen MR) is 98.2 cm³/mol. The van der Waals surface area contributed by atoms with Crippen LogP contribution in [-0.4, -0.2) is 10.8 Å². The van der Waals surface area contributed by atoms with Gasteiger partial charge in [-0.25, -0.2) is 0 Å². The molecule has 1 heterocycles. The Kier molecular flexibility index (Phi) is 4.84. The Balaban J connectivity index is 2.04. The molecule has 1 aromatic heterocycles. The van der Waals surface area contributed by atoms with Crippen molar-refractivity contribution in [3.05, 3.63) is 93.4 Å². The van der Waals surface area contributed by atoms with Crippen molar-refractivity contribution in [2.45, 2.75) is 20.4 Å². The Morgan fingerprint density at radius 3 is 2.42 bits per heavy atom. The molecule has 0 spiro atoms. The Labute approximate surface area is 150 Å². The van der Waals surface area contributed by atoms with Gasteiger partial charge in [-0.2, -0.15) is 0 Å². The SMILES string of the molecule is Cc1ccc(N(Cc2ccco2)C(=O)c2cccc([N+](=O)[O-])c2C)cc1. The molecule has 0 saturated carbocycles. The Morgan fingerprint density at radius 1 is 1.08 bits per heavy atom. The second kappa shape index (κ2) is 7.23. The van der Waals surface area contributed by atoms with Gasteiger partial charge in [0.2, 0.25) is 0 Å². The topological polar surface area (TPSA) is 76.6 Å². The third kappa shape index (κ3) is 3.49. The average Bonchev–Trinajstić information content (AvgIpc) is 3.13. The molecule has 6 nitrogen and oxygen atoms in total. The maximum absolute atomic E-state index is 13.2. The highest BCUT2D eigenvalue weighted by Gasteiger charge is 2.24. The van der Waals surface area contributed by atoms with Gasteiger partial charge >= 0.3 is 0 Å². The van der Waals surface area contributed by atoms with Gasteiger partial charge in [0.15, 0.2) is 0 Å². The fraction of sp³-hybridized carbons (Fsp3) is 0.150. The van der Waals surface area contributed by atoms with Crippen molar-refractivity contribution in [2.75, 3.05) is 4.90 Å². The van der Waals surface area contributed by atoms with Gasteiger partial charge < -0.3 is 9.32 Å². The molecule has 0 N–H and O–H groups in total. The fourth-order valence-corrected chi connectivity index (χ4v) is 2.76. The molecule has 3 rings (SSSR count). The summed E-state index contributed by atoms with van der Waals surface area (Å²) in [6, 6.07) is 15.6. The second-order valence-corrected chi connectivity index (χ2v) is 6.01. The molecule has 0 saturated heterocycles. The summed E-state index contributed by atoms with van der Waals surface area (Å²) < 4.78 is 5.39. The lowest BCUT2D eigenvalue weighted by molar-refractivity contribution is -0.385. The van der Waals surface area contributed by atoms with Crippen molar-refractivity contribution >= 4 is 17.3 Å². The number of hydrogen-bond acceptors (Lipinski definition) is 4. The van der Waals surface area contributed by atoms with Gasteiger partial charge in [-0.1, -0.05) is 23.8 Å². The maximum atomic E-state index is 13.2. The van der Waals surface area contributed by atoms with Gasteiger partial charge in [-0.3, -0.25) is 14.9 Å². The third-order valence-electron chi connectivity index (χ3n) is 4.22. The van der Waals surface area contributed by atoms with Crippen molar-refractivity contribution in [3.63, 3.8) is 0 Å². The summed E-state index contributed by atoms with van der Waals surface area (Å²) in [5.41, 5.74) is 2.34. The predicted octanol–water partition coefficient (Wildman–Crippen LogP) is 4.65. The standard InChI is InChI=1S/C20H18N2O4/c1-14-8-10-16(11-9-14)21(13-17-5-4-12-26-17)20(23)18-6-3-7-19(15(18)2)22(24)25/h3-12H,13H2,1-2H3. The van der Waals surface area contributed by atoms with E-state index in [9.17, 15) is 14.9 Å². The number of aryl methyl sites for hydroxylation is 1. The van der Waals surface area contributed by atoms with Crippen LogP contribution in [0.5, 0.6) is 0 Å². The lowest BCUT2D eigenvalue weighted by Gasteiger charge is -2.23. The first-order valence-electron chi connectivity index (χ1n) is 8.12. The molecule has 0 aliphatic carbocycles. The smallest absolute Gasteiger partial charge is 0.273 e. The number of nitrogens with zero attached hydrogens (tertiary/aromatic N) is 2. The van der Waals surface area contributed by atoms with Crippen LogP contribution in [0, 0.1) is 24.0 Å². The maximum Gasteiger partial charge on any atom is 0.273 e. The van der Waals surface area contributed by atoms with Crippen LogP contribution < -0.4 is 4.90 Å². The van der Waals surface area contributed by atoms with Crippen molar-refractivity contribution < 1.29 is 14.1 Å². The lowest BCUT2D eigenvalue weighted by atomic mass is 10.0. The summed E-state index contributed by atoms with van der Waals surface area (Å²) in [6.45, 7) is 3.79. The summed E-state index contributed by atoms with van der Waals surface area (Å²) in [5, 5.41) is 11.2. The van der Waals surface area contributed by atoms with Crippen LogP contribution >= 0.6 is 0 Å². The van der Waals surface area contributed by atoms with E-state index in [-0.39, 0.29) is 18.1 Å². The van der Waals surface area contributed by atoms with Gasteiger partial charge in [-0.05, 0) is 44.2 Å². The van der Waals surface area contributed by atoms with Crippen LogP contribution in [0.3, 0.4) is 0 Å². The average molecular weight is 350 g/mol. The van der Waals surface area contributed by atoms with Gasteiger partial charge in [0.25, 0.3) is 11.6 Å². The number of anilines is 1. The number of carbonyl (C=O) groups is 1. The molecule has 0 aliphatic heterocycles. The summed E-state index contributed by atoms with van der Waals surface area (Å²) in [6.07, 6.45) is 1.55. The quantitative estimate of drug-likeness (QED) is 0.496. The Bertz CT molecular complexity index is 931. The monoisotopic (exact) mass is 350 g/mol. The molecule has 0 radical (unpaired) electrons. The van der Waals surface area contributed by atoms with E-state index in [0.717, 1.165) is 5.56 Å². The summed E-state index contributed by atoms with van der Waals surface area (Å²) in [4.78, 5) is 25.5. The van der Waals surface area contributed by atoms with Crippen LogP contribution in [0.25, 0.3) is 0 Å². The van der Waals surface area contributed by atoms with Gasteiger partial charge in [-0.15, -0.1) is 0 Å². The molecule has 26 heavy (non-hydrogen) atoms. The van der Waals surface area contributed by atoms with E-state index in [1.54, 1.807) is 36.3 Å². The molecule has 0 fully saturated rings. The van der Waals surface area contributed by atoms with Gasteiger partial charge in [0.05, 0.1) is 17.7 Å². The highest BCUT2D eigenvalue weighted by Crippen LogP contribution is 2.26. The summed E-state index contributed by atoms with van der Waals surface area (Å²) in [5.74, 6) is 0.313. The van der Waals surface area contributed by atoms with Crippen LogP contribution in [0.4, 0.5) is 11.4 Å². The number of rotatable bonds is 5. The van der Waals surface area contributed by atoms with Crippen molar-refractivity contribution in [3.8, 4) is 0 Å². The van der Waals surface area contributed by atoms with Crippen LogP contribution in [0.2, 0.25) is 0 Å². The molecule has 3 aromatic rings. The third-order valence-corrected chi connectivity index (χ3v) is 4.22. The molecular weight excluding hydrogens is 332 g/mol. The minimum absolute atomic E-state index is 0.0716. The molecular formula is C20H18N2O4. The number of benzene rings is 2. The molecule has 0 atom stereocenters. The second-order valence-electron chi connectivity index (χ2n) is 6.01. The van der Waals surface area contributed by atoms with Gasteiger partial charge in [0.1, 0.15) is 5.76 Å². The first-order chi connectivity index (χ1) is 12.5. The normalized spacial score (nSPS) is 10.5. The van der Waals surface area contributed by atoms with E-state index >= 15 is 0 Å². The summed E-state index contributed by atoms with van der Waals surface area (Å²) in [7, 11) is 0. The minimum Gasteiger partial charge on any atom is -0.467 e. The number of furan rings is 1. The zero-order chi connectivity index (χ0) is 18.7.